The first-order valence-electron chi connectivity index (χ1n) is 3.43. The molecule has 0 aliphatic carbocycles. The van der Waals surface area contributed by atoms with Gasteiger partial charge in [-0.25, -0.2) is 0 Å². The number of rotatable bonds is 4. The van der Waals surface area contributed by atoms with E-state index in [-0.39, 0.29) is 12.6 Å². The fourth-order valence-corrected chi connectivity index (χ4v) is 1.06. The molecule has 2 N–H and O–H groups in total. The van der Waals surface area contributed by atoms with Crippen molar-refractivity contribution >= 4 is 11.5 Å². The summed E-state index contributed by atoms with van der Waals surface area (Å²) >= 11 is 1.34. The van der Waals surface area contributed by atoms with Gasteiger partial charge >= 0.3 is 0 Å². The van der Waals surface area contributed by atoms with E-state index in [0.29, 0.717) is 6.54 Å². The number of aliphatic hydroxyl groups is 1. The lowest BCUT2D eigenvalue weighted by Gasteiger charge is -2.07. The Hall–Kier alpha value is -0.520. The van der Waals surface area contributed by atoms with E-state index in [1.165, 1.54) is 11.5 Å². The summed E-state index contributed by atoms with van der Waals surface area (Å²) in [4.78, 5) is 0. The molecule has 0 spiro atoms. The first kappa shape index (κ1) is 8.58. The Morgan fingerprint density at radius 2 is 2.64 bits per heavy atom. The fraction of sp³-hybridized carbons (Fsp3) is 0.667. The van der Waals surface area contributed by atoms with E-state index in [1.54, 1.807) is 0 Å². The molecule has 0 aliphatic heterocycles. The minimum absolute atomic E-state index is 0.122. The van der Waals surface area contributed by atoms with Crippen LogP contribution in [0.5, 0.6) is 0 Å². The highest BCUT2D eigenvalue weighted by atomic mass is 32.1. The monoisotopic (exact) mass is 173 g/mol. The van der Waals surface area contributed by atoms with Gasteiger partial charge in [-0.05, 0) is 18.5 Å². The molecule has 1 aromatic heterocycles. The lowest BCUT2D eigenvalue weighted by Crippen LogP contribution is -2.28. The molecule has 0 aromatic carbocycles. The van der Waals surface area contributed by atoms with Crippen molar-refractivity contribution in [3.63, 3.8) is 0 Å². The van der Waals surface area contributed by atoms with Gasteiger partial charge in [0, 0.05) is 18.0 Å². The molecule has 0 radical (unpaired) electrons. The molecule has 1 atom stereocenters. The van der Waals surface area contributed by atoms with E-state index < -0.39 is 0 Å². The van der Waals surface area contributed by atoms with E-state index in [2.05, 4.69) is 14.9 Å². The van der Waals surface area contributed by atoms with Crippen molar-refractivity contribution in [3.05, 3.63) is 11.1 Å². The number of hydrogen-bond acceptors (Lipinski definition) is 5. The first-order chi connectivity index (χ1) is 5.33. The molecule has 1 aromatic rings. The molecule has 62 valence electrons. The average molecular weight is 173 g/mol. The van der Waals surface area contributed by atoms with Crippen LogP contribution in [0.2, 0.25) is 0 Å². The second-order valence-corrected chi connectivity index (χ2v) is 2.97. The molecule has 0 saturated heterocycles. The summed E-state index contributed by atoms with van der Waals surface area (Å²) in [6, 6.07) is 0.122. The van der Waals surface area contributed by atoms with Crippen molar-refractivity contribution in [1.29, 1.82) is 0 Å². The quantitative estimate of drug-likeness (QED) is 0.673. The molecule has 1 rings (SSSR count). The van der Waals surface area contributed by atoms with Gasteiger partial charge < -0.3 is 10.4 Å². The lowest BCUT2D eigenvalue weighted by molar-refractivity contribution is 0.250. The zero-order valence-corrected chi connectivity index (χ0v) is 7.14. The van der Waals surface area contributed by atoms with Gasteiger partial charge in [0.15, 0.2) is 0 Å². The summed E-state index contributed by atoms with van der Waals surface area (Å²) in [5.41, 5.74) is 0.926. The standard InChI is InChI=1S/C6H11N3OS/c1-5(3-10)7-2-6-4-11-9-8-6/h4-5,7,10H,2-3H2,1H3/t5-/m1/s1. The number of nitrogens with zero attached hydrogens (tertiary/aromatic N) is 2. The Kier molecular flexibility index (Phi) is 3.41. The van der Waals surface area contributed by atoms with Crippen molar-refractivity contribution in [2.45, 2.75) is 19.5 Å². The summed E-state index contributed by atoms with van der Waals surface area (Å²) < 4.78 is 3.72. The number of aromatic nitrogens is 2. The molecule has 11 heavy (non-hydrogen) atoms. The van der Waals surface area contributed by atoms with Gasteiger partial charge in [0.05, 0.1) is 12.3 Å². The highest BCUT2D eigenvalue weighted by molar-refractivity contribution is 7.03. The van der Waals surface area contributed by atoms with Crippen molar-refractivity contribution < 1.29 is 5.11 Å². The molecular weight excluding hydrogens is 162 g/mol. The topological polar surface area (TPSA) is 58.0 Å². The van der Waals surface area contributed by atoms with E-state index in [0.717, 1.165) is 5.69 Å². The molecule has 1 heterocycles. The van der Waals surface area contributed by atoms with Crippen LogP contribution in [0.1, 0.15) is 12.6 Å². The molecule has 5 heteroatoms. The Labute approximate surface area is 69.4 Å². The third-order valence-corrected chi connectivity index (χ3v) is 1.86. The number of aliphatic hydroxyl groups excluding tert-OH is 1. The van der Waals surface area contributed by atoms with E-state index in [9.17, 15) is 0 Å². The predicted octanol–water partition coefficient (Wildman–Crippen LogP) is 0.00850. The van der Waals surface area contributed by atoms with E-state index >= 15 is 0 Å². The van der Waals surface area contributed by atoms with Crippen LogP contribution in [0.25, 0.3) is 0 Å². The second-order valence-electron chi connectivity index (χ2n) is 2.36. The lowest BCUT2D eigenvalue weighted by atomic mass is 10.3. The maximum atomic E-state index is 8.67. The fourth-order valence-electron chi connectivity index (χ4n) is 0.604. The molecule has 0 unspecified atom stereocenters. The smallest absolute Gasteiger partial charge is 0.0893 e. The van der Waals surface area contributed by atoms with Crippen LogP contribution >= 0.6 is 11.5 Å². The summed E-state index contributed by atoms with van der Waals surface area (Å²) in [5, 5.41) is 17.5. The third-order valence-electron chi connectivity index (χ3n) is 1.31. The maximum absolute atomic E-state index is 8.67. The summed E-state index contributed by atoms with van der Waals surface area (Å²) in [6.07, 6.45) is 0. The molecule has 4 nitrogen and oxygen atoms in total. The minimum atomic E-state index is 0.122. The summed E-state index contributed by atoms with van der Waals surface area (Å²) in [5.74, 6) is 0. The molecule has 0 fully saturated rings. The first-order valence-corrected chi connectivity index (χ1v) is 4.26. The van der Waals surface area contributed by atoms with Gasteiger partial charge in [-0.2, -0.15) is 0 Å². The number of hydrogen-bond donors (Lipinski definition) is 2. The SMILES string of the molecule is C[C@H](CO)NCc1csnn1. The van der Waals surface area contributed by atoms with Crippen molar-refractivity contribution in [3.8, 4) is 0 Å². The minimum Gasteiger partial charge on any atom is -0.395 e. The van der Waals surface area contributed by atoms with Crippen molar-refractivity contribution in [1.82, 2.24) is 14.9 Å². The van der Waals surface area contributed by atoms with Crippen LogP contribution in [0.3, 0.4) is 0 Å². The Morgan fingerprint density at radius 1 is 1.82 bits per heavy atom. The average Bonchev–Trinajstić information content (AvgIpc) is 2.52. The largest absolute Gasteiger partial charge is 0.395 e. The van der Waals surface area contributed by atoms with Crippen LogP contribution < -0.4 is 5.32 Å². The summed E-state index contributed by atoms with van der Waals surface area (Å²) in [7, 11) is 0. The van der Waals surface area contributed by atoms with Gasteiger partial charge in [-0.1, -0.05) is 4.49 Å². The van der Waals surface area contributed by atoms with Crippen LogP contribution in [-0.2, 0) is 6.54 Å². The molecule has 0 bridgehead atoms. The van der Waals surface area contributed by atoms with Crippen LogP contribution in [-0.4, -0.2) is 27.3 Å². The molecule has 0 aliphatic rings. The maximum Gasteiger partial charge on any atom is 0.0893 e. The zero-order chi connectivity index (χ0) is 8.10. The molecule has 0 saturated carbocycles. The van der Waals surface area contributed by atoms with Crippen molar-refractivity contribution in [2.75, 3.05) is 6.61 Å². The normalized spacial score (nSPS) is 13.3. The Bertz CT molecular complexity index is 190. The molecule has 0 amide bonds. The van der Waals surface area contributed by atoms with Gasteiger partial charge in [-0.3, -0.25) is 0 Å². The van der Waals surface area contributed by atoms with Crippen LogP contribution in [0.15, 0.2) is 5.38 Å². The predicted molar refractivity (Wildman–Crippen MR) is 43.3 cm³/mol. The van der Waals surface area contributed by atoms with Crippen LogP contribution in [0.4, 0.5) is 0 Å². The van der Waals surface area contributed by atoms with Gasteiger partial charge in [0.1, 0.15) is 0 Å². The van der Waals surface area contributed by atoms with E-state index in [4.69, 9.17) is 5.11 Å². The van der Waals surface area contributed by atoms with Gasteiger partial charge in [0.2, 0.25) is 0 Å². The highest BCUT2D eigenvalue weighted by Crippen LogP contribution is 1.96. The highest BCUT2D eigenvalue weighted by Gasteiger charge is 1.99. The zero-order valence-electron chi connectivity index (χ0n) is 6.32. The third kappa shape index (κ3) is 2.92. The summed E-state index contributed by atoms with van der Waals surface area (Å²) in [6.45, 7) is 2.75. The number of nitrogens with one attached hydrogen (secondary N) is 1. The Balaban J connectivity index is 2.23. The van der Waals surface area contributed by atoms with E-state index in [1.807, 2.05) is 12.3 Å². The second kappa shape index (κ2) is 4.38. The van der Waals surface area contributed by atoms with Gasteiger partial charge in [-0.15, -0.1) is 5.10 Å². The molecular formula is C6H11N3OS. The Morgan fingerprint density at radius 3 is 3.18 bits per heavy atom. The van der Waals surface area contributed by atoms with Crippen LogP contribution in [0, 0.1) is 0 Å². The van der Waals surface area contributed by atoms with Crippen molar-refractivity contribution in [2.24, 2.45) is 0 Å². The van der Waals surface area contributed by atoms with Gasteiger partial charge in [0.25, 0.3) is 0 Å².